The summed E-state index contributed by atoms with van der Waals surface area (Å²) < 4.78 is 5.19. The Kier molecular flexibility index (Phi) is 7.12. The van der Waals surface area contributed by atoms with Gasteiger partial charge in [-0.15, -0.1) is 0 Å². The lowest BCUT2D eigenvalue weighted by atomic mass is 10.1. The highest BCUT2D eigenvalue weighted by atomic mass is 16.5. The van der Waals surface area contributed by atoms with Crippen LogP contribution in [-0.4, -0.2) is 12.6 Å². The number of carbonyl (C=O) groups excluding carboxylic acids is 1. The normalized spacial score (nSPS) is 10.2. The maximum Gasteiger partial charge on any atom is 0.310 e. The molecule has 0 unspecified atom stereocenters. The van der Waals surface area contributed by atoms with E-state index in [0.29, 0.717) is 13.0 Å². The average molecular weight is 234 g/mol. The van der Waals surface area contributed by atoms with Gasteiger partial charge in [-0.05, 0) is 12.0 Å². The first-order chi connectivity index (χ1) is 8.33. The second kappa shape index (κ2) is 8.80. The van der Waals surface area contributed by atoms with Crippen molar-refractivity contribution in [3.63, 3.8) is 0 Å². The van der Waals surface area contributed by atoms with Crippen LogP contribution in [-0.2, 0) is 16.0 Å². The predicted molar refractivity (Wildman–Crippen MR) is 69.9 cm³/mol. The minimum Gasteiger partial charge on any atom is -0.465 e. The van der Waals surface area contributed by atoms with Crippen molar-refractivity contribution in [2.75, 3.05) is 6.61 Å². The van der Waals surface area contributed by atoms with Crippen molar-refractivity contribution in [1.82, 2.24) is 0 Å². The predicted octanol–water partition coefficient (Wildman–Crippen LogP) is 3.74. The minimum absolute atomic E-state index is 0.119. The third kappa shape index (κ3) is 6.77. The molecule has 0 fully saturated rings. The molecule has 2 nitrogen and oxygen atoms in total. The number of hydrogen-bond donors (Lipinski definition) is 0. The molecule has 17 heavy (non-hydrogen) atoms. The van der Waals surface area contributed by atoms with Crippen molar-refractivity contribution in [1.29, 1.82) is 0 Å². The molecule has 0 aromatic heterocycles. The van der Waals surface area contributed by atoms with Crippen LogP contribution in [0.5, 0.6) is 0 Å². The van der Waals surface area contributed by atoms with E-state index in [9.17, 15) is 4.79 Å². The van der Waals surface area contributed by atoms with E-state index in [1.165, 1.54) is 19.3 Å². The number of unbranched alkanes of at least 4 members (excludes halogenated alkanes) is 4. The zero-order valence-electron chi connectivity index (χ0n) is 10.7. The molecule has 0 bridgehead atoms. The van der Waals surface area contributed by atoms with Gasteiger partial charge < -0.3 is 4.74 Å². The first-order valence-electron chi connectivity index (χ1n) is 6.52. The number of rotatable bonds is 8. The van der Waals surface area contributed by atoms with Crippen LogP contribution < -0.4 is 0 Å². The van der Waals surface area contributed by atoms with Crippen LogP contribution in [0.15, 0.2) is 30.3 Å². The maximum atomic E-state index is 11.5. The van der Waals surface area contributed by atoms with Gasteiger partial charge in [0.25, 0.3) is 0 Å². The molecule has 0 radical (unpaired) electrons. The number of ether oxygens (including phenoxy) is 1. The molecule has 0 N–H and O–H groups in total. The summed E-state index contributed by atoms with van der Waals surface area (Å²) in [6.45, 7) is 2.76. The summed E-state index contributed by atoms with van der Waals surface area (Å²) in [6, 6.07) is 9.72. The van der Waals surface area contributed by atoms with Gasteiger partial charge in [-0.3, -0.25) is 4.79 Å². The molecule has 2 heteroatoms. The standard InChI is InChI=1S/C15H22O2/c1-2-3-4-5-9-12-17-15(16)13-14-10-7-6-8-11-14/h6-8,10-11H,2-5,9,12-13H2,1H3. The topological polar surface area (TPSA) is 26.3 Å². The van der Waals surface area contributed by atoms with Crippen LogP contribution in [0.1, 0.15) is 44.6 Å². The van der Waals surface area contributed by atoms with Gasteiger partial charge in [0.2, 0.25) is 0 Å². The van der Waals surface area contributed by atoms with Gasteiger partial charge in [0.1, 0.15) is 0 Å². The van der Waals surface area contributed by atoms with E-state index in [1.807, 2.05) is 30.3 Å². The van der Waals surface area contributed by atoms with Crippen LogP contribution in [0.3, 0.4) is 0 Å². The Morgan fingerprint density at radius 1 is 1.06 bits per heavy atom. The van der Waals surface area contributed by atoms with E-state index < -0.39 is 0 Å². The molecular formula is C15H22O2. The highest BCUT2D eigenvalue weighted by Crippen LogP contribution is 2.04. The molecule has 1 aromatic rings. The molecule has 0 spiro atoms. The lowest BCUT2D eigenvalue weighted by molar-refractivity contribution is -0.142. The average Bonchev–Trinajstić information content (AvgIpc) is 2.35. The third-order valence-electron chi connectivity index (χ3n) is 2.70. The van der Waals surface area contributed by atoms with Crippen LogP contribution in [0.25, 0.3) is 0 Å². The Hall–Kier alpha value is -1.31. The lowest BCUT2D eigenvalue weighted by Crippen LogP contribution is -2.08. The van der Waals surface area contributed by atoms with Gasteiger partial charge in [-0.25, -0.2) is 0 Å². The second-order valence-electron chi connectivity index (χ2n) is 4.30. The molecule has 0 saturated carbocycles. The van der Waals surface area contributed by atoms with Crippen molar-refractivity contribution in [2.24, 2.45) is 0 Å². The Labute approximate surface area is 104 Å². The smallest absolute Gasteiger partial charge is 0.310 e. The SMILES string of the molecule is CCCCCCCOC(=O)Cc1ccccc1. The van der Waals surface area contributed by atoms with Crippen molar-refractivity contribution < 1.29 is 9.53 Å². The lowest BCUT2D eigenvalue weighted by Gasteiger charge is -2.04. The van der Waals surface area contributed by atoms with Crippen LogP contribution in [0.4, 0.5) is 0 Å². The zero-order chi connectivity index (χ0) is 12.3. The molecule has 0 heterocycles. The van der Waals surface area contributed by atoms with Crippen molar-refractivity contribution in [2.45, 2.75) is 45.4 Å². The fourth-order valence-corrected chi connectivity index (χ4v) is 1.71. The van der Waals surface area contributed by atoms with Crippen LogP contribution in [0.2, 0.25) is 0 Å². The highest BCUT2D eigenvalue weighted by molar-refractivity contribution is 5.72. The Bertz CT molecular complexity index is 306. The molecule has 0 aliphatic rings. The summed E-state index contributed by atoms with van der Waals surface area (Å²) in [4.78, 5) is 11.5. The molecule has 0 saturated heterocycles. The molecule has 1 aromatic carbocycles. The highest BCUT2D eigenvalue weighted by Gasteiger charge is 2.03. The molecule has 0 aliphatic carbocycles. The zero-order valence-corrected chi connectivity index (χ0v) is 10.7. The van der Waals surface area contributed by atoms with Crippen molar-refractivity contribution in [3.8, 4) is 0 Å². The first-order valence-corrected chi connectivity index (χ1v) is 6.52. The van der Waals surface area contributed by atoms with Gasteiger partial charge in [0.05, 0.1) is 13.0 Å². The summed E-state index contributed by atoms with van der Waals surface area (Å²) in [5.41, 5.74) is 1.02. The third-order valence-corrected chi connectivity index (χ3v) is 2.70. The Balaban J connectivity index is 2.06. The fraction of sp³-hybridized carbons (Fsp3) is 0.533. The van der Waals surface area contributed by atoms with Gasteiger partial charge in [-0.2, -0.15) is 0 Å². The molecule has 0 aliphatic heterocycles. The summed E-state index contributed by atoms with van der Waals surface area (Å²) in [5, 5.41) is 0. The fourth-order valence-electron chi connectivity index (χ4n) is 1.71. The van der Waals surface area contributed by atoms with Gasteiger partial charge in [0, 0.05) is 0 Å². The quantitative estimate of drug-likeness (QED) is 0.506. The first kappa shape index (κ1) is 13.8. The van der Waals surface area contributed by atoms with E-state index >= 15 is 0 Å². The number of benzene rings is 1. The van der Waals surface area contributed by atoms with Crippen molar-refractivity contribution in [3.05, 3.63) is 35.9 Å². The van der Waals surface area contributed by atoms with Crippen LogP contribution in [0, 0.1) is 0 Å². The molecular weight excluding hydrogens is 212 g/mol. The van der Waals surface area contributed by atoms with E-state index in [1.54, 1.807) is 0 Å². The number of hydrogen-bond acceptors (Lipinski definition) is 2. The summed E-state index contributed by atoms with van der Waals surface area (Å²) >= 11 is 0. The second-order valence-corrected chi connectivity index (χ2v) is 4.30. The van der Waals surface area contributed by atoms with Crippen LogP contribution >= 0.6 is 0 Å². The summed E-state index contributed by atoms with van der Waals surface area (Å²) in [5.74, 6) is -0.119. The molecule has 0 amide bonds. The molecule has 94 valence electrons. The minimum atomic E-state index is -0.119. The van der Waals surface area contributed by atoms with E-state index in [2.05, 4.69) is 6.92 Å². The summed E-state index contributed by atoms with van der Waals surface area (Å²) in [7, 11) is 0. The van der Waals surface area contributed by atoms with Gasteiger partial charge in [-0.1, -0.05) is 62.9 Å². The number of esters is 1. The molecule has 0 atom stereocenters. The van der Waals surface area contributed by atoms with E-state index in [4.69, 9.17) is 4.74 Å². The Morgan fingerprint density at radius 3 is 2.47 bits per heavy atom. The number of carbonyl (C=O) groups is 1. The molecule has 1 rings (SSSR count). The van der Waals surface area contributed by atoms with E-state index in [0.717, 1.165) is 18.4 Å². The summed E-state index contributed by atoms with van der Waals surface area (Å²) in [6.07, 6.45) is 6.29. The van der Waals surface area contributed by atoms with Gasteiger partial charge in [0.15, 0.2) is 0 Å². The van der Waals surface area contributed by atoms with Gasteiger partial charge >= 0.3 is 5.97 Å². The Morgan fingerprint density at radius 2 is 1.76 bits per heavy atom. The largest absolute Gasteiger partial charge is 0.465 e. The monoisotopic (exact) mass is 234 g/mol. The van der Waals surface area contributed by atoms with Crippen molar-refractivity contribution >= 4 is 5.97 Å². The maximum absolute atomic E-state index is 11.5. The van der Waals surface area contributed by atoms with E-state index in [-0.39, 0.29) is 5.97 Å².